The Bertz CT molecular complexity index is 394. The molecule has 0 saturated heterocycles. The molecule has 0 aromatic heterocycles. The van der Waals surface area contributed by atoms with Crippen LogP contribution < -0.4 is 10.1 Å². The summed E-state index contributed by atoms with van der Waals surface area (Å²) in [6.45, 7) is 0. The Balaban J connectivity index is 1.92. The Hall–Kier alpha value is -0.890. The van der Waals surface area contributed by atoms with Gasteiger partial charge in [0.25, 0.3) is 0 Å². The minimum absolute atomic E-state index is 0.301. The minimum atomic E-state index is 0.301. The number of para-hydroxylation sites is 1. The topological polar surface area (TPSA) is 21.3 Å². The molecule has 0 spiro atoms. The molecule has 1 heterocycles. The van der Waals surface area contributed by atoms with Crippen molar-refractivity contribution in [3.8, 4) is 5.75 Å². The molecule has 0 bridgehead atoms. The molecule has 1 N–H and O–H groups in total. The number of hydrogen-bond acceptors (Lipinski definition) is 2. The number of fused-ring (bicyclic) bond motifs is 2. The van der Waals surface area contributed by atoms with Crippen molar-refractivity contribution in [1.82, 2.24) is 0 Å². The first-order valence-corrected chi connectivity index (χ1v) is 6.44. The summed E-state index contributed by atoms with van der Waals surface area (Å²) in [5.74, 6) is 0.840. The molecule has 2 atom stereocenters. The Labute approximate surface area is 101 Å². The van der Waals surface area contributed by atoms with Gasteiger partial charge in [0, 0.05) is 0 Å². The Kier molecular flexibility index (Phi) is 2.68. The average molecular weight is 238 g/mol. The van der Waals surface area contributed by atoms with Gasteiger partial charge in [-0.25, -0.2) is 0 Å². The van der Waals surface area contributed by atoms with Gasteiger partial charge in [-0.15, -0.1) is 0 Å². The predicted molar refractivity (Wildman–Crippen MR) is 66.4 cm³/mol. The smallest absolute Gasteiger partial charge is 0.161 e. The molecule has 1 aliphatic heterocycles. The van der Waals surface area contributed by atoms with Crippen LogP contribution in [0.3, 0.4) is 0 Å². The fraction of sp³-hybridized carbons (Fsp3) is 0.538. The Morgan fingerprint density at radius 3 is 3.00 bits per heavy atom. The van der Waals surface area contributed by atoms with E-state index in [4.69, 9.17) is 16.3 Å². The van der Waals surface area contributed by atoms with E-state index < -0.39 is 0 Å². The van der Waals surface area contributed by atoms with Crippen LogP contribution in [0.15, 0.2) is 18.2 Å². The summed E-state index contributed by atoms with van der Waals surface area (Å²) < 4.78 is 6.05. The van der Waals surface area contributed by atoms with E-state index in [0.717, 1.165) is 17.9 Å². The molecule has 0 radical (unpaired) electrons. The SMILES string of the molecule is Clc1cccc2c1OC1CCCCCC1N2. The third-order valence-electron chi connectivity index (χ3n) is 3.53. The molecule has 1 aromatic rings. The van der Waals surface area contributed by atoms with Crippen molar-refractivity contribution >= 4 is 17.3 Å². The highest BCUT2D eigenvalue weighted by atomic mass is 35.5. The van der Waals surface area contributed by atoms with Crippen LogP contribution >= 0.6 is 11.6 Å². The van der Waals surface area contributed by atoms with E-state index in [1.54, 1.807) is 0 Å². The summed E-state index contributed by atoms with van der Waals surface area (Å²) in [7, 11) is 0. The molecule has 86 valence electrons. The quantitative estimate of drug-likeness (QED) is 0.740. The van der Waals surface area contributed by atoms with Crippen LogP contribution in [-0.2, 0) is 0 Å². The van der Waals surface area contributed by atoms with Crippen molar-refractivity contribution in [1.29, 1.82) is 0 Å². The molecule has 1 saturated carbocycles. The Morgan fingerprint density at radius 1 is 1.19 bits per heavy atom. The third-order valence-corrected chi connectivity index (χ3v) is 3.83. The standard InChI is InChI=1S/C13H16ClNO/c14-9-5-4-7-11-13(9)16-12-8-3-1-2-6-10(12)15-11/h4-5,7,10,12,15H,1-3,6,8H2. The molecule has 2 aliphatic rings. The third kappa shape index (κ3) is 1.75. The van der Waals surface area contributed by atoms with Gasteiger partial charge in [-0.1, -0.05) is 30.5 Å². The zero-order chi connectivity index (χ0) is 11.0. The number of nitrogens with one attached hydrogen (secondary N) is 1. The van der Waals surface area contributed by atoms with Crippen LogP contribution in [0.25, 0.3) is 0 Å². The van der Waals surface area contributed by atoms with Crippen LogP contribution in [0.4, 0.5) is 5.69 Å². The van der Waals surface area contributed by atoms with Gasteiger partial charge < -0.3 is 10.1 Å². The first-order chi connectivity index (χ1) is 7.84. The molecule has 16 heavy (non-hydrogen) atoms. The van der Waals surface area contributed by atoms with Crippen LogP contribution in [-0.4, -0.2) is 12.1 Å². The van der Waals surface area contributed by atoms with E-state index in [9.17, 15) is 0 Å². The number of anilines is 1. The lowest BCUT2D eigenvalue weighted by Crippen LogP contribution is -2.40. The summed E-state index contributed by atoms with van der Waals surface area (Å²) in [6, 6.07) is 6.36. The van der Waals surface area contributed by atoms with Gasteiger partial charge in [0.05, 0.1) is 16.8 Å². The van der Waals surface area contributed by atoms with Crippen LogP contribution in [0.5, 0.6) is 5.75 Å². The highest BCUT2D eigenvalue weighted by molar-refractivity contribution is 6.32. The molecular formula is C13H16ClNO. The highest BCUT2D eigenvalue weighted by Crippen LogP contribution is 2.40. The van der Waals surface area contributed by atoms with E-state index in [-0.39, 0.29) is 0 Å². The number of hydrogen-bond donors (Lipinski definition) is 1. The van der Waals surface area contributed by atoms with Crippen molar-refractivity contribution in [3.05, 3.63) is 23.2 Å². The molecule has 1 aromatic carbocycles. The average Bonchev–Trinajstić information content (AvgIpc) is 2.52. The van der Waals surface area contributed by atoms with Crippen molar-refractivity contribution in [2.75, 3.05) is 5.32 Å². The van der Waals surface area contributed by atoms with Gasteiger partial charge >= 0.3 is 0 Å². The lowest BCUT2D eigenvalue weighted by Gasteiger charge is -2.34. The highest BCUT2D eigenvalue weighted by Gasteiger charge is 2.31. The fourth-order valence-corrected chi connectivity index (χ4v) is 2.89. The number of benzene rings is 1. The zero-order valence-corrected chi connectivity index (χ0v) is 9.96. The number of rotatable bonds is 0. The number of halogens is 1. The van der Waals surface area contributed by atoms with Crippen molar-refractivity contribution < 1.29 is 4.74 Å². The molecule has 2 unspecified atom stereocenters. The van der Waals surface area contributed by atoms with Gasteiger partial charge in [-0.2, -0.15) is 0 Å². The van der Waals surface area contributed by atoms with E-state index in [1.165, 1.54) is 25.7 Å². The number of ether oxygens (including phenoxy) is 1. The summed E-state index contributed by atoms with van der Waals surface area (Å²) in [4.78, 5) is 0. The van der Waals surface area contributed by atoms with Gasteiger partial charge in [0.2, 0.25) is 0 Å². The molecule has 3 heteroatoms. The zero-order valence-electron chi connectivity index (χ0n) is 9.21. The van der Waals surface area contributed by atoms with Crippen molar-refractivity contribution in [3.63, 3.8) is 0 Å². The van der Waals surface area contributed by atoms with Crippen molar-refractivity contribution in [2.24, 2.45) is 0 Å². The monoisotopic (exact) mass is 237 g/mol. The molecule has 2 nitrogen and oxygen atoms in total. The molecule has 3 rings (SSSR count). The van der Waals surface area contributed by atoms with Gasteiger partial charge in [0.1, 0.15) is 6.10 Å². The van der Waals surface area contributed by atoms with Gasteiger partial charge in [-0.05, 0) is 31.4 Å². The maximum absolute atomic E-state index is 6.15. The first kappa shape index (κ1) is 10.3. The summed E-state index contributed by atoms with van der Waals surface area (Å²) in [5.41, 5.74) is 1.05. The largest absolute Gasteiger partial charge is 0.485 e. The van der Waals surface area contributed by atoms with Crippen LogP contribution in [0, 0.1) is 0 Å². The molecule has 0 amide bonds. The summed E-state index contributed by atoms with van der Waals surface area (Å²) >= 11 is 6.15. The fourth-order valence-electron chi connectivity index (χ4n) is 2.67. The maximum atomic E-state index is 6.15. The first-order valence-electron chi connectivity index (χ1n) is 6.06. The summed E-state index contributed by atoms with van der Waals surface area (Å²) in [6.07, 6.45) is 6.53. The summed E-state index contributed by atoms with van der Waals surface area (Å²) in [5, 5.41) is 4.29. The van der Waals surface area contributed by atoms with Crippen LogP contribution in [0.2, 0.25) is 5.02 Å². The second-order valence-corrected chi connectivity index (χ2v) is 5.07. The van der Waals surface area contributed by atoms with E-state index in [0.29, 0.717) is 17.2 Å². The minimum Gasteiger partial charge on any atom is -0.485 e. The second kappa shape index (κ2) is 4.17. The van der Waals surface area contributed by atoms with Crippen molar-refractivity contribution in [2.45, 2.75) is 44.2 Å². The van der Waals surface area contributed by atoms with E-state index in [2.05, 4.69) is 5.32 Å². The predicted octanol–water partition coefficient (Wildman–Crippen LogP) is 3.85. The molecular weight excluding hydrogens is 222 g/mol. The molecule has 1 aliphatic carbocycles. The Morgan fingerprint density at radius 2 is 2.06 bits per heavy atom. The maximum Gasteiger partial charge on any atom is 0.161 e. The van der Waals surface area contributed by atoms with E-state index in [1.807, 2.05) is 18.2 Å². The molecule has 1 fully saturated rings. The second-order valence-electron chi connectivity index (χ2n) is 4.66. The normalized spacial score (nSPS) is 28.1. The van der Waals surface area contributed by atoms with Gasteiger partial charge in [-0.3, -0.25) is 0 Å². The lowest BCUT2D eigenvalue weighted by molar-refractivity contribution is 0.160. The van der Waals surface area contributed by atoms with E-state index >= 15 is 0 Å². The van der Waals surface area contributed by atoms with Gasteiger partial charge in [0.15, 0.2) is 5.75 Å². The lowest BCUT2D eigenvalue weighted by atomic mass is 10.0. The van der Waals surface area contributed by atoms with Crippen LogP contribution in [0.1, 0.15) is 32.1 Å².